The molecule has 0 spiro atoms. The molecule has 0 fully saturated rings. The molecule has 31 heavy (non-hydrogen) atoms. The molecule has 0 atom stereocenters. The summed E-state index contributed by atoms with van der Waals surface area (Å²) in [5.74, 6) is -0.371. The second-order valence-electron chi connectivity index (χ2n) is 6.38. The van der Waals surface area contributed by atoms with Crippen molar-refractivity contribution in [1.82, 2.24) is 20.2 Å². The number of pyridine rings is 2. The average Bonchev–Trinajstić information content (AvgIpc) is 3.18. The van der Waals surface area contributed by atoms with Crippen LogP contribution in [0.15, 0.2) is 36.9 Å². The Balaban J connectivity index is 1.79. The first-order valence-electron chi connectivity index (χ1n) is 9.15. The van der Waals surface area contributed by atoms with E-state index in [0.717, 1.165) is 11.3 Å². The highest BCUT2D eigenvalue weighted by atomic mass is 35.5. The van der Waals surface area contributed by atoms with Crippen LogP contribution in [-0.4, -0.2) is 39.8 Å². The fraction of sp³-hybridized carbons (Fsp3) is 0.250. The highest BCUT2D eigenvalue weighted by molar-refractivity contribution is 7.17. The molecule has 0 aromatic carbocycles. The third kappa shape index (κ3) is 5.96. The van der Waals surface area contributed by atoms with Gasteiger partial charge in [0.05, 0.1) is 31.3 Å². The average molecular weight is 464 g/mol. The van der Waals surface area contributed by atoms with Crippen LogP contribution in [0.5, 0.6) is 10.9 Å². The number of hydrogen-bond acceptors (Lipinski definition) is 8. The molecule has 162 valence electrons. The maximum absolute atomic E-state index is 13.0. The molecule has 0 aliphatic heterocycles. The summed E-state index contributed by atoms with van der Waals surface area (Å²) >= 11 is 7.12. The van der Waals surface area contributed by atoms with Crippen molar-refractivity contribution in [1.29, 1.82) is 0 Å². The SMILES string of the molecule is C=C(F)CCCOc1nnc(NC(=O)c2cnc(C)cc2-c2cc(Cl)ncc2OC)s1. The molecule has 0 aliphatic carbocycles. The van der Waals surface area contributed by atoms with Crippen molar-refractivity contribution < 1.29 is 18.7 Å². The fourth-order valence-corrected chi connectivity index (χ4v) is 3.43. The molecule has 3 rings (SSSR count). The Bertz CT molecular complexity index is 1110. The van der Waals surface area contributed by atoms with E-state index in [1.54, 1.807) is 12.1 Å². The Morgan fingerprint density at radius 3 is 2.81 bits per heavy atom. The Kier molecular flexibility index (Phi) is 7.48. The zero-order valence-corrected chi connectivity index (χ0v) is 18.4. The van der Waals surface area contributed by atoms with Crippen LogP contribution >= 0.6 is 22.9 Å². The zero-order valence-electron chi connectivity index (χ0n) is 16.8. The topological polar surface area (TPSA) is 99.1 Å². The van der Waals surface area contributed by atoms with Gasteiger partial charge in [0.1, 0.15) is 10.9 Å². The van der Waals surface area contributed by atoms with Crippen LogP contribution in [0.4, 0.5) is 9.52 Å². The van der Waals surface area contributed by atoms with Gasteiger partial charge in [-0.05, 0) is 36.8 Å². The van der Waals surface area contributed by atoms with Gasteiger partial charge >= 0.3 is 0 Å². The largest absolute Gasteiger partial charge is 0.494 e. The molecule has 1 amide bonds. The molecule has 0 aliphatic rings. The molecule has 0 radical (unpaired) electrons. The number of carbonyl (C=O) groups excluding carboxylic acids is 1. The summed E-state index contributed by atoms with van der Waals surface area (Å²) in [6, 6.07) is 3.38. The number of halogens is 2. The summed E-state index contributed by atoms with van der Waals surface area (Å²) in [7, 11) is 1.51. The third-order valence-corrected chi connectivity index (χ3v) is 5.03. The summed E-state index contributed by atoms with van der Waals surface area (Å²) in [5.41, 5.74) is 2.20. The Morgan fingerprint density at radius 1 is 1.26 bits per heavy atom. The summed E-state index contributed by atoms with van der Waals surface area (Å²) < 4.78 is 23.4. The van der Waals surface area contributed by atoms with E-state index in [4.69, 9.17) is 21.1 Å². The molecule has 3 heterocycles. The predicted octanol–water partition coefficient (Wildman–Crippen LogP) is 4.86. The number of aromatic nitrogens is 4. The number of methoxy groups -OCH3 is 1. The van der Waals surface area contributed by atoms with Gasteiger partial charge in [0.15, 0.2) is 0 Å². The van der Waals surface area contributed by atoms with Gasteiger partial charge in [0.2, 0.25) is 5.13 Å². The van der Waals surface area contributed by atoms with Gasteiger partial charge in [-0.15, -0.1) is 5.10 Å². The maximum Gasteiger partial charge on any atom is 0.295 e. The minimum absolute atomic E-state index is 0.216. The van der Waals surface area contributed by atoms with Crippen LogP contribution in [0.25, 0.3) is 11.1 Å². The zero-order chi connectivity index (χ0) is 22.4. The number of nitrogens with zero attached hydrogens (tertiary/aromatic N) is 4. The van der Waals surface area contributed by atoms with Gasteiger partial charge in [-0.1, -0.05) is 23.3 Å². The van der Waals surface area contributed by atoms with Crippen LogP contribution < -0.4 is 14.8 Å². The van der Waals surface area contributed by atoms with Gasteiger partial charge in [0, 0.05) is 29.4 Å². The van der Waals surface area contributed by atoms with Crippen molar-refractivity contribution in [2.24, 2.45) is 0 Å². The molecule has 0 saturated carbocycles. The number of anilines is 1. The van der Waals surface area contributed by atoms with E-state index in [2.05, 4.69) is 32.1 Å². The van der Waals surface area contributed by atoms with E-state index in [1.807, 2.05) is 6.92 Å². The minimum atomic E-state index is -0.436. The Morgan fingerprint density at radius 2 is 2.06 bits per heavy atom. The smallest absolute Gasteiger partial charge is 0.295 e. The minimum Gasteiger partial charge on any atom is -0.494 e. The van der Waals surface area contributed by atoms with E-state index in [0.29, 0.717) is 34.6 Å². The molecule has 0 saturated heterocycles. The van der Waals surface area contributed by atoms with E-state index >= 15 is 0 Å². The van der Waals surface area contributed by atoms with Gasteiger partial charge in [-0.25, -0.2) is 9.37 Å². The maximum atomic E-state index is 13.0. The summed E-state index contributed by atoms with van der Waals surface area (Å²) in [4.78, 5) is 21.2. The first-order chi connectivity index (χ1) is 14.9. The molecule has 0 unspecified atom stereocenters. The van der Waals surface area contributed by atoms with Crippen molar-refractivity contribution in [3.8, 4) is 22.1 Å². The highest BCUT2D eigenvalue weighted by Crippen LogP contribution is 2.34. The molecule has 8 nitrogen and oxygen atoms in total. The van der Waals surface area contributed by atoms with E-state index in [-0.39, 0.29) is 28.5 Å². The summed E-state index contributed by atoms with van der Waals surface area (Å²) in [6.07, 6.45) is 3.64. The third-order valence-electron chi connectivity index (χ3n) is 4.07. The Labute approximate surface area is 187 Å². The first-order valence-corrected chi connectivity index (χ1v) is 10.3. The lowest BCUT2D eigenvalue weighted by Crippen LogP contribution is -2.14. The standard InChI is InChI=1S/C20H19ClFN5O3S/c1-11(22)5-4-6-30-20-27-26-19(31-20)25-18(28)15-9-23-12(2)7-13(15)14-8-17(21)24-10-16(14)29-3/h7-10H,1,4-6H2,2-3H3,(H,25,26,28). The number of amides is 1. The number of aryl methyl sites for hydroxylation is 1. The second kappa shape index (κ2) is 10.3. The van der Waals surface area contributed by atoms with Gasteiger partial charge < -0.3 is 9.47 Å². The van der Waals surface area contributed by atoms with Crippen molar-refractivity contribution in [2.45, 2.75) is 19.8 Å². The molecule has 11 heteroatoms. The predicted molar refractivity (Wildman–Crippen MR) is 117 cm³/mol. The number of ether oxygens (including phenoxy) is 2. The molecule has 1 N–H and O–H groups in total. The van der Waals surface area contributed by atoms with Crippen LogP contribution in [0.1, 0.15) is 28.9 Å². The van der Waals surface area contributed by atoms with Crippen molar-refractivity contribution in [3.05, 3.63) is 53.3 Å². The van der Waals surface area contributed by atoms with Gasteiger partial charge in [-0.2, -0.15) is 0 Å². The normalized spacial score (nSPS) is 10.6. The Hall–Kier alpha value is -3.11. The number of rotatable bonds is 9. The van der Waals surface area contributed by atoms with Gasteiger partial charge in [-0.3, -0.25) is 15.1 Å². The van der Waals surface area contributed by atoms with Crippen LogP contribution in [0.2, 0.25) is 5.15 Å². The number of hydrogen-bond donors (Lipinski definition) is 1. The highest BCUT2D eigenvalue weighted by Gasteiger charge is 2.19. The number of carbonyl (C=O) groups is 1. The van der Waals surface area contributed by atoms with Crippen LogP contribution in [0.3, 0.4) is 0 Å². The van der Waals surface area contributed by atoms with Crippen LogP contribution in [0, 0.1) is 6.92 Å². The number of nitrogens with one attached hydrogen (secondary N) is 1. The molecule has 0 bridgehead atoms. The number of allylic oxidation sites excluding steroid dienone is 1. The lowest BCUT2D eigenvalue weighted by atomic mass is 10.0. The fourth-order valence-electron chi connectivity index (χ4n) is 2.66. The second-order valence-corrected chi connectivity index (χ2v) is 7.70. The molecule has 3 aromatic rings. The van der Waals surface area contributed by atoms with Crippen molar-refractivity contribution in [3.63, 3.8) is 0 Å². The van der Waals surface area contributed by atoms with Crippen molar-refractivity contribution >= 4 is 34.0 Å². The van der Waals surface area contributed by atoms with Crippen molar-refractivity contribution in [2.75, 3.05) is 19.0 Å². The first kappa shape index (κ1) is 22.6. The van der Waals surface area contributed by atoms with Gasteiger partial charge in [0.25, 0.3) is 11.1 Å². The van der Waals surface area contributed by atoms with E-state index < -0.39 is 11.7 Å². The monoisotopic (exact) mass is 463 g/mol. The van der Waals surface area contributed by atoms with E-state index in [9.17, 15) is 9.18 Å². The quantitative estimate of drug-likeness (QED) is 0.357. The van der Waals surface area contributed by atoms with E-state index in [1.165, 1.54) is 19.5 Å². The lowest BCUT2D eigenvalue weighted by Gasteiger charge is -2.13. The summed E-state index contributed by atoms with van der Waals surface area (Å²) in [5, 5.41) is 11.2. The van der Waals surface area contributed by atoms with Crippen LogP contribution in [-0.2, 0) is 0 Å². The molecular weight excluding hydrogens is 445 g/mol. The lowest BCUT2D eigenvalue weighted by molar-refractivity contribution is 0.102. The molecule has 3 aromatic heterocycles. The molecular formula is C20H19ClFN5O3S. The summed E-state index contributed by atoms with van der Waals surface area (Å²) in [6.45, 7) is 5.27.